The van der Waals surface area contributed by atoms with E-state index in [4.69, 9.17) is 5.73 Å². The fourth-order valence-electron chi connectivity index (χ4n) is 1.67. The van der Waals surface area contributed by atoms with Crippen molar-refractivity contribution in [2.24, 2.45) is 5.73 Å². The number of thiophene rings is 1. The van der Waals surface area contributed by atoms with Gasteiger partial charge >= 0.3 is 0 Å². The highest BCUT2D eigenvalue weighted by Gasteiger charge is 2.21. The van der Waals surface area contributed by atoms with Gasteiger partial charge in [0.25, 0.3) is 10.0 Å². The van der Waals surface area contributed by atoms with Gasteiger partial charge in [0.2, 0.25) is 0 Å². The summed E-state index contributed by atoms with van der Waals surface area (Å²) in [6.07, 6.45) is 0. The molecular formula is C12H12F2N2O2S2. The Bertz CT molecular complexity index is 742. The van der Waals surface area contributed by atoms with Gasteiger partial charge in [-0.2, -0.15) is 0 Å². The van der Waals surface area contributed by atoms with Gasteiger partial charge < -0.3 is 5.73 Å². The van der Waals surface area contributed by atoms with Crippen LogP contribution in [0.2, 0.25) is 0 Å². The van der Waals surface area contributed by atoms with E-state index in [-0.39, 0.29) is 11.4 Å². The number of nitrogens with two attached hydrogens (primary N) is 1. The van der Waals surface area contributed by atoms with Crippen LogP contribution in [0.4, 0.5) is 14.5 Å². The number of anilines is 1. The molecule has 0 fully saturated rings. The van der Waals surface area contributed by atoms with Crippen molar-refractivity contribution >= 4 is 27.0 Å². The molecule has 20 heavy (non-hydrogen) atoms. The number of sulfonamides is 1. The van der Waals surface area contributed by atoms with Crippen molar-refractivity contribution in [3.05, 3.63) is 45.7 Å². The third-order valence-electron chi connectivity index (χ3n) is 2.61. The lowest BCUT2D eigenvalue weighted by atomic mass is 10.3. The van der Waals surface area contributed by atoms with E-state index in [0.717, 1.165) is 12.1 Å². The Morgan fingerprint density at radius 3 is 2.65 bits per heavy atom. The molecule has 0 atom stereocenters. The van der Waals surface area contributed by atoms with Crippen LogP contribution in [0.15, 0.2) is 29.2 Å². The highest BCUT2D eigenvalue weighted by atomic mass is 32.2. The zero-order valence-electron chi connectivity index (χ0n) is 10.5. The highest BCUT2D eigenvalue weighted by Crippen LogP contribution is 2.28. The van der Waals surface area contributed by atoms with Crippen molar-refractivity contribution < 1.29 is 17.2 Å². The highest BCUT2D eigenvalue weighted by molar-refractivity contribution is 7.93. The predicted octanol–water partition coefficient (Wildman–Crippen LogP) is 2.59. The second-order valence-corrected chi connectivity index (χ2v) is 7.04. The molecule has 0 unspecified atom stereocenters. The van der Waals surface area contributed by atoms with Crippen molar-refractivity contribution in [2.75, 3.05) is 4.72 Å². The monoisotopic (exact) mass is 318 g/mol. The van der Waals surface area contributed by atoms with Crippen molar-refractivity contribution in [2.45, 2.75) is 18.4 Å². The smallest absolute Gasteiger partial charge is 0.263 e. The quantitative estimate of drug-likeness (QED) is 0.910. The number of hydrogen-bond acceptors (Lipinski definition) is 4. The van der Waals surface area contributed by atoms with Crippen molar-refractivity contribution in [1.29, 1.82) is 0 Å². The molecular weight excluding hydrogens is 306 g/mol. The summed E-state index contributed by atoms with van der Waals surface area (Å²) in [6, 6.07) is 4.72. The number of halogens is 2. The molecule has 0 radical (unpaired) electrons. The van der Waals surface area contributed by atoms with E-state index < -0.39 is 27.3 Å². The Kier molecular flexibility index (Phi) is 4.07. The van der Waals surface area contributed by atoms with Crippen LogP contribution in [-0.4, -0.2) is 8.42 Å². The van der Waals surface area contributed by atoms with Crippen LogP contribution >= 0.6 is 11.3 Å². The molecule has 0 aliphatic rings. The van der Waals surface area contributed by atoms with Gasteiger partial charge in [-0.05, 0) is 25.1 Å². The summed E-state index contributed by atoms with van der Waals surface area (Å²) in [5.74, 6) is -2.35. The number of aryl methyl sites for hydroxylation is 1. The molecule has 0 saturated carbocycles. The van der Waals surface area contributed by atoms with Gasteiger partial charge in [0.1, 0.15) is 4.90 Å². The molecule has 2 rings (SSSR count). The predicted molar refractivity (Wildman–Crippen MR) is 74.1 cm³/mol. The molecule has 4 nitrogen and oxygen atoms in total. The minimum absolute atomic E-state index is 0.0200. The molecule has 0 saturated heterocycles. The largest absolute Gasteiger partial charge is 0.326 e. The van der Waals surface area contributed by atoms with E-state index in [1.807, 2.05) is 4.72 Å². The summed E-state index contributed by atoms with van der Waals surface area (Å²) >= 11 is 1.25. The van der Waals surface area contributed by atoms with E-state index in [9.17, 15) is 17.2 Å². The number of hydrogen-bond donors (Lipinski definition) is 2. The van der Waals surface area contributed by atoms with Crippen LogP contribution in [0, 0.1) is 18.6 Å². The molecule has 1 aromatic carbocycles. The lowest BCUT2D eigenvalue weighted by Gasteiger charge is -2.08. The molecule has 0 aliphatic carbocycles. The summed E-state index contributed by atoms with van der Waals surface area (Å²) in [7, 11) is -3.97. The maximum Gasteiger partial charge on any atom is 0.263 e. The van der Waals surface area contributed by atoms with E-state index in [1.165, 1.54) is 23.5 Å². The first-order valence-corrected chi connectivity index (χ1v) is 7.91. The first kappa shape index (κ1) is 14.9. The summed E-state index contributed by atoms with van der Waals surface area (Å²) in [5, 5.41) is 0. The van der Waals surface area contributed by atoms with Gasteiger partial charge in [0, 0.05) is 16.3 Å². The Morgan fingerprint density at radius 2 is 2.05 bits per heavy atom. The average Bonchev–Trinajstić information content (AvgIpc) is 2.77. The fraction of sp³-hybridized carbons (Fsp3) is 0.167. The normalized spacial score (nSPS) is 11.6. The summed E-state index contributed by atoms with van der Waals surface area (Å²) in [4.78, 5) is 1.25. The maximum atomic E-state index is 13.5. The molecule has 8 heteroatoms. The van der Waals surface area contributed by atoms with E-state index in [1.54, 1.807) is 6.92 Å². The van der Waals surface area contributed by atoms with E-state index in [0.29, 0.717) is 9.75 Å². The Morgan fingerprint density at radius 1 is 1.35 bits per heavy atom. The zero-order valence-corrected chi connectivity index (χ0v) is 12.1. The van der Waals surface area contributed by atoms with Crippen LogP contribution in [0.1, 0.15) is 9.75 Å². The molecule has 1 aromatic heterocycles. The number of nitrogens with one attached hydrogen (secondary N) is 1. The topological polar surface area (TPSA) is 72.2 Å². The first-order chi connectivity index (χ1) is 9.35. The van der Waals surface area contributed by atoms with Crippen LogP contribution in [0.25, 0.3) is 0 Å². The molecule has 1 heterocycles. The second-order valence-electron chi connectivity index (χ2n) is 4.04. The van der Waals surface area contributed by atoms with Crippen molar-refractivity contribution in [3.8, 4) is 0 Å². The Hall–Kier alpha value is -1.51. The molecule has 3 N–H and O–H groups in total. The minimum atomic E-state index is -3.97. The number of benzene rings is 1. The minimum Gasteiger partial charge on any atom is -0.326 e. The lowest BCUT2D eigenvalue weighted by Crippen LogP contribution is -2.14. The van der Waals surface area contributed by atoms with Gasteiger partial charge in [-0.3, -0.25) is 4.72 Å². The van der Waals surface area contributed by atoms with E-state index >= 15 is 0 Å². The standard InChI is InChI=1S/C12H12F2N2O2S2/c1-7-11(5-8(6-15)19-7)20(17,18)16-10-4-2-3-9(13)12(10)14/h2-5,16H,6,15H2,1H3. The zero-order chi connectivity index (χ0) is 14.9. The molecule has 108 valence electrons. The molecule has 0 amide bonds. The fourth-order valence-corrected chi connectivity index (χ4v) is 4.25. The SMILES string of the molecule is Cc1sc(CN)cc1S(=O)(=O)Nc1cccc(F)c1F. The van der Waals surface area contributed by atoms with E-state index in [2.05, 4.69) is 0 Å². The van der Waals surface area contributed by atoms with Crippen LogP contribution < -0.4 is 10.5 Å². The van der Waals surface area contributed by atoms with Gasteiger partial charge in [0.15, 0.2) is 11.6 Å². The number of rotatable bonds is 4. The molecule has 0 aliphatic heterocycles. The molecule has 2 aromatic rings. The van der Waals surface area contributed by atoms with Crippen LogP contribution in [0.5, 0.6) is 0 Å². The van der Waals surface area contributed by atoms with Gasteiger partial charge in [0.05, 0.1) is 5.69 Å². The van der Waals surface area contributed by atoms with Crippen molar-refractivity contribution in [1.82, 2.24) is 0 Å². The second kappa shape index (κ2) is 5.47. The summed E-state index contributed by atoms with van der Waals surface area (Å²) < 4.78 is 53.0. The Balaban J connectivity index is 2.40. The van der Waals surface area contributed by atoms with Crippen LogP contribution in [0.3, 0.4) is 0 Å². The maximum absolute atomic E-state index is 13.5. The lowest BCUT2D eigenvalue weighted by molar-refractivity contribution is 0.511. The van der Waals surface area contributed by atoms with Gasteiger partial charge in [-0.1, -0.05) is 6.07 Å². The Labute approximate surface area is 119 Å². The van der Waals surface area contributed by atoms with Crippen molar-refractivity contribution in [3.63, 3.8) is 0 Å². The first-order valence-electron chi connectivity index (χ1n) is 5.61. The average molecular weight is 318 g/mol. The molecule has 0 spiro atoms. The summed E-state index contributed by atoms with van der Waals surface area (Å²) in [5.41, 5.74) is 5.03. The van der Waals surface area contributed by atoms with Gasteiger partial charge in [-0.15, -0.1) is 11.3 Å². The third kappa shape index (κ3) is 2.82. The summed E-state index contributed by atoms with van der Waals surface area (Å²) in [6.45, 7) is 1.84. The van der Waals surface area contributed by atoms with Gasteiger partial charge in [-0.25, -0.2) is 17.2 Å². The molecule has 0 bridgehead atoms. The van der Waals surface area contributed by atoms with Crippen LogP contribution in [-0.2, 0) is 16.6 Å². The third-order valence-corrected chi connectivity index (χ3v) is 5.30.